The Bertz CT molecular complexity index is 680. The number of pyridine rings is 1. The first kappa shape index (κ1) is 13.8. The lowest BCUT2D eigenvalue weighted by Gasteiger charge is -2.57. The van der Waals surface area contributed by atoms with Gasteiger partial charge in [-0.1, -0.05) is 0 Å². The molecule has 23 heavy (non-hydrogen) atoms. The number of hydrogen-bond donors (Lipinski definition) is 0. The van der Waals surface area contributed by atoms with Crippen LogP contribution in [-0.2, 0) is 6.54 Å². The molecule has 3 nitrogen and oxygen atoms in total. The summed E-state index contributed by atoms with van der Waals surface area (Å²) in [5.74, 6) is 4.12. The van der Waals surface area contributed by atoms with E-state index in [2.05, 4.69) is 22.5 Å². The monoisotopic (exact) mass is 307 g/mol. The number of rotatable bonds is 3. The fourth-order valence-electron chi connectivity index (χ4n) is 6.21. The van der Waals surface area contributed by atoms with Crippen molar-refractivity contribution in [2.45, 2.75) is 52.0 Å². The third-order valence-corrected chi connectivity index (χ3v) is 6.63. The Labute approximate surface area is 138 Å². The lowest BCUT2D eigenvalue weighted by molar-refractivity contribution is -0.0619. The van der Waals surface area contributed by atoms with Crippen LogP contribution in [0.1, 0.15) is 44.2 Å². The normalized spacial score (nSPS) is 34.9. The highest BCUT2D eigenvalue weighted by Crippen LogP contribution is 2.60. The molecule has 4 bridgehead atoms. The van der Waals surface area contributed by atoms with Crippen LogP contribution in [0.5, 0.6) is 0 Å². The van der Waals surface area contributed by atoms with Gasteiger partial charge in [0.05, 0.1) is 0 Å². The maximum Gasteiger partial charge on any atom is 0.141 e. The Kier molecular flexibility index (Phi) is 2.95. The number of imidazole rings is 1. The Morgan fingerprint density at radius 3 is 2.39 bits per heavy atom. The molecule has 4 aliphatic rings. The van der Waals surface area contributed by atoms with Gasteiger partial charge in [-0.3, -0.25) is 4.98 Å². The summed E-state index contributed by atoms with van der Waals surface area (Å²) < 4.78 is 2.48. The number of aryl methyl sites for hydroxylation is 1. The summed E-state index contributed by atoms with van der Waals surface area (Å²) in [6.45, 7) is 3.36. The highest BCUT2D eigenvalue weighted by atomic mass is 15.1. The van der Waals surface area contributed by atoms with Crippen LogP contribution < -0.4 is 0 Å². The molecule has 0 aliphatic heterocycles. The molecule has 6 rings (SSSR count). The summed E-state index contributed by atoms with van der Waals surface area (Å²) in [4.78, 5) is 8.99. The summed E-state index contributed by atoms with van der Waals surface area (Å²) in [5.41, 5.74) is 2.97. The van der Waals surface area contributed by atoms with E-state index in [4.69, 9.17) is 4.98 Å². The smallest absolute Gasteiger partial charge is 0.141 e. The zero-order chi connectivity index (χ0) is 15.4. The predicted molar refractivity (Wildman–Crippen MR) is 90.8 cm³/mol. The van der Waals surface area contributed by atoms with E-state index >= 15 is 0 Å². The summed E-state index contributed by atoms with van der Waals surface area (Å²) in [5, 5.41) is 0. The molecule has 4 saturated carbocycles. The summed E-state index contributed by atoms with van der Waals surface area (Å²) in [7, 11) is 0. The highest BCUT2D eigenvalue weighted by Gasteiger charge is 2.51. The SMILES string of the molecule is Cc1cnc(-c2cccnc2)n1CC12CC3CC(CC(C3)C1)C2. The highest BCUT2D eigenvalue weighted by molar-refractivity contribution is 5.54. The fourth-order valence-corrected chi connectivity index (χ4v) is 6.21. The molecule has 2 heterocycles. The van der Waals surface area contributed by atoms with E-state index in [1.165, 1.54) is 44.2 Å². The third-order valence-electron chi connectivity index (χ3n) is 6.63. The van der Waals surface area contributed by atoms with Crippen LogP contribution in [0.2, 0.25) is 0 Å². The van der Waals surface area contributed by atoms with Gasteiger partial charge in [0.25, 0.3) is 0 Å². The van der Waals surface area contributed by atoms with Crippen molar-refractivity contribution in [3.8, 4) is 11.4 Å². The Balaban J connectivity index is 1.50. The molecule has 0 atom stereocenters. The van der Waals surface area contributed by atoms with E-state index in [-0.39, 0.29) is 0 Å². The molecular formula is C20H25N3. The molecule has 4 aliphatic carbocycles. The van der Waals surface area contributed by atoms with Crippen molar-refractivity contribution in [2.75, 3.05) is 0 Å². The van der Waals surface area contributed by atoms with Crippen LogP contribution in [0.25, 0.3) is 11.4 Å². The molecule has 4 fully saturated rings. The van der Waals surface area contributed by atoms with Gasteiger partial charge in [0, 0.05) is 36.4 Å². The topological polar surface area (TPSA) is 30.7 Å². The molecule has 0 N–H and O–H groups in total. The van der Waals surface area contributed by atoms with Crippen molar-refractivity contribution in [1.82, 2.24) is 14.5 Å². The first-order chi connectivity index (χ1) is 11.2. The molecule has 3 heteroatoms. The van der Waals surface area contributed by atoms with Gasteiger partial charge in [0.15, 0.2) is 0 Å². The quantitative estimate of drug-likeness (QED) is 0.837. The standard InChI is InChI=1S/C20H25N3/c1-14-11-22-19(18-3-2-4-21-12-18)23(14)13-20-8-15-5-16(9-20)7-17(6-15)10-20/h2-4,11-12,15-17H,5-10,13H2,1H3. The lowest BCUT2D eigenvalue weighted by atomic mass is 9.49. The fraction of sp³-hybridized carbons (Fsp3) is 0.600. The second-order valence-electron chi connectivity index (χ2n) is 8.47. The largest absolute Gasteiger partial charge is 0.328 e. The molecule has 0 saturated heterocycles. The van der Waals surface area contributed by atoms with Gasteiger partial charge >= 0.3 is 0 Å². The van der Waals surface area contributed by atoms with Crippen molar-refractivity contribution in [2.24, 2.45) is 23.2 Å². The average Bonchev–Trinajstić information content (AvgIpc) is 2.87. The molecule has 0 unspecified atom stereocenters. The number of nitrogens with zero attached hydrogens (tertiary/aromatic N) is 3. The van der Waals surface area contributed by atoms with Crippen molar-refractivity contribution < 1.29 is 0 Å². The van der Waals surface area contributed by atoms with Crippen molar-refractivity contribution in [3.63, 3.8) is 0 Å². The summed E-state index contributed by atoms with van der Waals surface area (Å²) in [6.07, 6.45) is 14.7. The van der Waals surface area contributed by atoms with Crippen LogP contribution in [0.3, 0.4) is 0 Å². The lowest BCUT2D eigenvalue weighted by Crippen LogP contribution is -2.48. The van der Waals surface area contributed by atoms with Gasteiger partial charge < -0.3 is 4.57 Å². The Morgan fingerprint density at radius 1 is 1.09 bits per heavy atom. The van der Waals surface area contributed by atoms with Crippen molar-refractivity contribution >= 4 is 0 Å². The van der Waals surface area contributed by atoms with E-state index in [0.717, 1.165) is 35.7 Å². The van der Waals surface area contributed by atoms with Crippen LogP contribution >= 0.6 is 0 Å². The minimum Gasteiger partial charge on any atom is -0.328 e. The van der Waals surface area contributed by atoms with Gasteiger partial charge in [0.2, 0.25) is 0 Å². The molecule has 0 aromatic carbocycles. The molecular weight excluding hydrogens is 282 g/mol. The summed E-state index contributed by atoms with van der Waals surface area (Å²) >= 11 is 0. The molecule has 0 radical (unpaired) electrons. The van der Waals surface area contributed by atoms with Crippen molar-refractivity contribution in [1.29, 1.82) is 0 Å². The van der Waals surface area contributed by atoms with E-state index in [1.807, 2.05) is 24.7 Å². The molecule has 2 aromatic rings. The van der Waals surface area contributed by atoms with Gasteiger partial charge in [0.1, 0.15) is 5.82 Å². The van der Waals surface area contributed by atoms with E-state index in [9.17, 15) is 0 Å². The maximum absolute atomic E-state index is 4.71. The van der Waals surface area contributed by atoms with E-state index < -0.39 is 0 Å². The predicted octanol–water partition coefficient (Wildman–Crippen LogP) is 4.47. The number of hydrogen-bond acceptors (Lipinski definition) is 2. The van der Waals surface area contributed by atoms with E-state index in [1.54, 1.807) is 0 Å². The Hall–Kier alpha value is -1.64. The summed E-state index contributed by atoms with van der Waals surface area (Å²) in [6, 6.07) is 4.14. The first-order valence-corrected chi connectivity index (χ1v) is 9.13. The molecule has 0 amide bonds. The second kappa shape index (κ2) is 4.93. The van der Waals surface area contributed by atoms with Crippen LogP contribution in [0, 0.1) is 30.1 Å². The third kappa shape index (κ3) is 2.24. The van der Waals surface area contributed by atoms with E-state index in [0.29, 0.717) is 5.41 Å². The average molecular weight is 307 g/mol. The molecule has 2 aromatic heterocycles. The van der Waals surface area contributed by atoms with Crippen molar-refractivity contribution in [3.05, 3.63) is 36.4 Å². The number of aromatic nitrogens is 3. The molecule has 0 spiro atoms. The van der Waals surface area contributed by atoms with Gasteiger partial charge in [-0.25, -0.2) is 4.98 Å². The molecule has 120 valence electrons. The minimum absolute atomic E-state index is 0.539. The van der Waals surface area contributed by atoms with Gasteiger partial charge in [-0.2, -0.15) is 0 Å². The Morgan fingerprint density at radius 2 is 1.78 bits per heavy atom. The van der Waals surface area contributed by atoms with Gasteiger partial charge in [-0.15, -0.1) is 0 Å². The second-order valence-corrected chi connectivity index (χ2v) is 8.47. The minimum atomic E-state index is 0.539. The maximum atomic E-state index is 4.71. The zero-order valence-electron chi connectivity index (χ0n) is 13.9. The van der Waals surface area contributed by atoms with Gasteiger partial charge in [-0.05, 0) is 80.8 Å². The van der Waals surface area contributed by atoms with Crippen LogP contribution in [0.4, 0.5) is 0 Å². The van der Waals surface area contributed by atoms with Crippen LogP contribution in [0.15, 0.2) is 30.7 Å². The zero-order valence-corrected chi connectivity index (χ0v) is 13.9. The van der Waals surface area contributed by atoms with Crippen LogP contribution in [-0.4, -0.2) is 14.5 Å². The first-order valence-electron chi connectivity index (χ1n) is 9.13.